The van der Waals surface area contributed by atoms with Gasteiger partial charge >= 0.3 is 0 Å². The van der Waals surface area contributed by atoms with Gasteiger partial charge in [-0.15, -0.1) is 0 Å². The highest BCUT2D eigenvalue weighted by molar-refractivity contribution is 5.07. The minimum atomic E-state index is 0.777. The van der Waals surface area contributed by atoms with E-state index >= 15 is 0 Å². The predicted molar refractivity (Wildman–Crippen MR) is 43.0 cm³/mol. The van der Waals surface area contributed by atoms with Gasteiger partial charge in [-0.25, -0.2) is 0 Å². The summed E-state index contributed by atoms with van der Waals surface area (Å²) < 4.78 is 5.06. The zero-order valence-electron chi connectivity index (χ0n) is 6.89. The van der Waals surface area contributed by atoms with Gasteiger partial charge in [-0.05, 0) is 30.8 Å². The van der Waals surface area contributed by atoms with E-state index in [9.17, 15) is 0 Å². The summed E-state index contributed by atoms with van der Waals surface area (Å²) >= 11 is 0. The molecule has 0 radical (unpaired) electrons. The van der Waals surface area contributed by atoms with Crippen molar-refractivity contribution in [3.05, 3.63) is 11.6 Å². The molecule has 0 bridgehead atoms. The zero-order chi connectivity index (χ0) is 7.40. The summed E-state index contributed by atoms with van der Waals surface area (Å²) in [5.41, 5.74) is 1.49. The van der Waals surface area contributed by atoms with Crippen LogP contribution in [0.3, 0.4) is 0 Å². The number of hydrogen-bond acceptors (Lipinski definition) is 1. The third-order valence-electron chi connectivity index (χ3n) is 2.01. The first kappa shape index (κ1) is 7.80. The van der Waals surface area contributed by atoms with Gasteiger partial charge in [-0.2, -0.15) is 0 Å². The molecular weight excluding hydrogens is 124 g/mol. The lowest BCUT2D eigenvalue weighted by Gasteiger charge is -2.16. The van der Waals surface area contributed by atoms with Crippen LogP contribution in [0.5, 0.6) is 0 Å². The van der Waals surface area contributed by atoms with Crippen molar-refractivity contribution in [1.29, 1.82) is 0 Å². The van der Waals surface area contributed by atoms with Crippen LogP contribution in [0.15, 0.2) is 11.6 Å². The lowest BCUT2D eigenvalue weighted by Crippen LogP contribution is -2.04. The van der Waals surface area contributed by atoms with Crippen LogP contribution in [0.2, 0.25) is 0 Å². The molecule has 0 aliphatic heterocycles. The Hall–Kier alpha value is -0.300. The van der Waals surface area contributed by atoms with Gasteiger partial charge in [0.1, 0.15) is 0 Å². The Morgan fingerprint density at radius 3 is 3.10 bits per heavy atom. The van der Waals surface area contributed by atoms with Crippen molar-refractivity contribution in [3.63, 3.8) is 0 Å². The molecule has 1 nitrogen and oxygen atoms in total. The van der Waals surface area contributed by atoms with Crippen LogP contribution in [0.1, 0.15) is 26.2 Å². The van der Waals surface area contributed by atoms with E-state index < -0.39 is 0 Å². The molecule has 1 aliphatic carbocycles. The standard InChI is InChI=1S/C9H16O/c1-8-4-3-5-9(6-8)7-10-2/h6,8H,3-5,7H2,1-2H3/t8-/m1/s1. The predicted octanol–water partition coefficient (Wildman–Crippen LogP) is 2.38. The highest BCUT2D eigenvalue weighted by Crippen LogP contribution is 2.21. The topological polar surface area (TPSA) is 9.23 Å². The van der Waals surface area contributed by atoms with Crippen LogP contribution < -0.4 is 0 Å². The van der Waals surface area contributed by atoms with Gasteiger partial charge in [0, 0.05) is 7.11 Å². The maximum atomic E-state index is 5.06. The number of methoxy groups -OCH3 is 1. The third-order valence-corrected chi connectivity index (χ3v) is 2.01. The molecule has 0 saturated carbocycles. The zero-order valence-corrected chi connectivity index (χ0v) is 6.89. The van der Waals surface area contributed by atoms with Crippen molar-refractivity contribution in [3.8, 4) is 0 Å². The number of allylic oxidation sites excluding steroid dienone is 1. The molecule has 0 spiro atoms. The van der Waals surface area contributed by atoms with Crippen LogP contribution in [0, 0.1) is 5.92 Å². The van der Waals surface area contributed by atoms with Gasteiger partial charge in [0.25, 0.3) is 0 Å². The lowest BCUT2D eigenvalue weighted by atomic mass is 9.92. The van der Waals surface area contributed by atoms with Crippen LogP contribution in [0.25, 0.3) is 0 Å². The van der Waals surface area contributed by atoms with E-state index in [2.05, 4.69) is 13.0 Å². The summed E-state index contributed by atoms with van der Waals surface area (Å²) in [6.07, 6.45) is 6.30. The first-order valence-corrected chi connectivity index (χ1v) is 4.01. The largest absolute Gasteiger partial charge is 0.380 e. The smallest absolute Gasteiger partial charge is 0.0673 e. The molecule has 0 N–H and O–H groups in total. The summed E-state index contributed by atoms with van der Waals surface area (Å²) in [5, 5.41) is 0. The fourth-order valence-corrected chi connectivity index (χ4v) is 1.53. The minimum absolute atomic E-state index is 0.777. The fraction of sp³-hybridized carbons (Fsp3) is 0.778. The van der Waals surface area contributed by atoms with E-state index in [1.165, 1.54) is 24.8 Å². The van der Waals surface area contributed by atoms with E-state index in [-0.39, 0.29) is 0 Å². The van der Waals surface area contributed by atoms with Crippen molar-refractivity contribution in [2.75, 3.05) is 13.7 Å². The average molecular weight is 140 g/mol. The van der Waals surface area contributed by atoms with E-state index in [0.29, 0.717) is 0 Å². The first-order valence-electron chi connectivity index (χ1n) is 4.01. The molecule has 0 heterocycles. The molecular formula is C9H16O. The van der Waals surface area contributed by atoms with Crippen molar-refractivity contribution in [1.82, 2.24) is 0 Å². The average Bonchev–Trinajstić information content (AvgIpc) is 1.88. The summed E-state index contributed by atoms with van der Waals surface area (Å²) in [5.74, 6) is 0.777. The van der Waals surface area contributed by atoms with Gasteiger partial charge in [-0.3, -0.25) is 0 Å². The Bertz CT molecular complexity index is 127. The maximum Gasteiger partial charge on any atom is 0.0673 e. The molecule has 0 saturated heterocycles. The highest BCUT2D eigenvalue weighted by Gasteiger charge is 2.08. The molecule has 1 atom stereocenters. The third kappa shape index (κ3) is 2.14. The monoisotopic (exact) mass is 140 g/mol. The molecule has 0 fully saturated rings. The molecule has 58 valence electrons. The van der Waals surface area contributed by atoms with Crippen molar-refractivity contribution < 1.29 is 4.74 Å². The van der Waals surface area contributed by atoms with E-state index in [1.807, 2.05) is 0 Å². The SMILES string of the molecule is COCC1=C[C@H](C)CCC1. The molecule has 0 amide bonds. The second kappa shape index (κ2) is 3.77. The fourth-order valence-electron chi connectivity index (χ4n) is 1.53. The first-order chi connectivity index (χ1) is 4.83. The van der Waals surface area contributed by atoms with Gasteiger partial charge in [-0.1, -0.05) is 13.0 Å². The Labute approximate surface area is 63.1 Å². The number of ether oxygens (including phenoxy) is 1. The van der Waals surface area contributed by atoms with Gasteiger partial charge in [0.15, 0.2) is 0 Å². The van der Waals surface area contributed by atoms with Crippen molar-refractivity contribution >= 4 is 0 Å². The van der Waals surface area contributed by atoms with Crippen LogP contribution >= 0.6 is 0 Å². The number of rotatable bonds is 2. The molecule has 0 aromatic carbocycles. The van der Waals surface area contributed by atoms with Crippen molar-refractivity contribution in [2.24, 2.45) is 5.92 Å². The molecule has 1 aliphatic rings. The molecule has 0 unspecified atom stereocenters. The van der Waals surface area contributed by atoms with Gasteiger partial charge < -0.3 is 4.74 Å². The second-order valence-electron chi connectivity index (χ2n) is 3.13. The van der Waals surface area contributed by atoms with Crippen molar-refractivity contribution in [2.45, 2.75) is 26.2 Å². The Morgan fingerprint density at radius 1 is 1.70 bits per heavy atom. The Morgan fingerprint density at radius 2 is 2.50 bits per heavy atom. The van der Waals surface area contributed by atoms with E-state index in [4.69, 9.17) is 4.74 Å². The van der Waals surface area contributed by atoms with Gasteiger partial charge in [0.2, 0.25) is 0 Å². The normalized spacial score (nSPS) is 26.2. The maximum absolute atomic E-state index is 5.06. The lowest BCUT2D eigenvalue weighted by molar-refractivity contribution is 0.220. The summed E-state index contributed by atoms with van der Waals surface area (Å²) in [7, 11) is 1.76. The van der Waals surface area contributed by atoms with Gasteiger partial charge in [0.05, 0.1) is 6.61 Å². The van der Waals surface area contributed by atoms with Crippen LogP contribution in [-0.4, -0.2) is 13.7 Å². The number of hydrogen-bond donors (Lipinski definition) is 0. The second-order valence-corrected chi connectivity index (χ2v) is 3.13. The quantitative estimate of drug-likeness (QED) is 0.535. The molecule has 0 aromatic rings. The Balaban J connectivity index is 2.41. The summed E-state index contributed by atoms with van der Waals surface area (Å²) in [4.78, 5) is 0. The molecule has 1 rings (SSSR count). The van der Waals surface area contributed by atoms with E-state index in [1.54, 1.807) is 7.11 Å². The summed E-state index contributed by atoms with van der Waals surface area (Å²) in [6.45, 7) is 3.11. The molecule has 0 aromatic heterocycles. The Kier molecular flexibility index (Phi) is 2.94. The highest BCUT2D eigenvalue weighted by atomic mass is 16.5. The van der Waals surface area contributed by atoms with Crippen LogP contribution in [-0.2, 0) is 4.74 Å². The summed E-state index contributed by atoms with van der Waals surface area (Å²) in [6, 6.07) is 0. The van der Waals surface area contributed by atoms with Crippen LogP contribution in [0.4, 0.5) is 0 Å². The minimum Gasteiger partial charge on any atom is -0.380 e. The molecule has 10 heavy (non-hydrogen) atoms. The van der Waals surface area contributed by atoms with E-state index in [0.717, 1.165) is 12.5 Å². The molecule has 1 heteroatoms.